The summed E-state index contributed by atoms with van der Waals surface area (Å²) >= 11 is 5.17. The molecule has 3 N–H and O–H groups in total. The van der Waals surface area contributed by atoms with Crippen LogP contribution in [-0.2, 0) is 0 Å². The number of anilines is 1. The van der Waals surface area contributed by atoms with Gasteiger partial charge in [0.1, 0.15) is 10.8 Å². The molecule has 0 saturated carbocycles. The Morgan fingerprint density at radius 3 is 2.62 bits per heavy atom. The van der Waals surface area contributed by atoms with Crippen molar-refractivity contribution >= 4 is 33.9 Å². The first-order chi connectivity index (χ1) is 9.79. The van der Waals surface area contributed by atoms with Crippen molar-refractivity contribution in [3.05, 3.63) is 35.9 Å². The van der Waals surface area contributed by atoms with Gasteiger partial charge in [-0.3, -0.25) is 0 Å². The molecule has 0 aliphatic carbocycles. The Labute approximate surface area is 132 Å². The van der Waals surface area contributed by atoms with Gasteiger partial charge in [-0.15, -0.1) is 0 Å². The molecule has 2 aromatic rings. The third-order valence-electron chi connectivity index (χ3n) is 4.05. The number of nitrogens with two attached hydrogens (primary N) is 1. The SMILES string of the molecule is CC(CNc1cc(C(N)=S)c2ccccc2n1)C(C)(C)C. The molecule has 112 valence electrons. The van der Waals surface area contributed by atoms with E-state index in [2.05, 4.69) is 38.0 Å². The highest BCUT2D eigenvalue weighted by Crippen LogP contribution is 2.26. The smallest absolute Gasteiger partial charge is 0.127 e. The van der Waals surface area contributed by atoms with Crippen molar-refractivity contribution in [1.29, 1.82) is 0 Å². The van der Waals surface area contributed by atoms with Gasteiger partial charge in [0.25, 0.3) is 0 Å². The zero-order valence-electron chi connectivity index (χ0n) is 13.1. The number of thiocarbonyl (C=S) groups is 1. The fourth-order valence-corrected chi connectivity index (χ4v) is 2.20. The van der Waals surface area contributed by atoms with Crippen LogP contribution in [0.2, 0.25) is 0 Å². The van der Waals surface area contributed by atoms with Crippen LogP contribution in [0, 0.1) is 11.3 Å². The van der Waals surface area contributed by atoms with Gasteiger partial charge in [-0.2, -0.15) is 0 Å². The van der Waals surface area contributed by atoms with E-state index in [9.17, 15) is 0 Å². The minimum Gasteiger partial charge on any atom is -0.389 e. The summed E-state index contributed by atoms with van der Waals surface area (Å²) in [6.07, 6.45) is 0. The summed E-state index contributed by atoms with van der Waals surface area (Å²) in [4.78, 5) is 5.05. The summed E-state index contributed by atoms with van der Waals surface area (Å²) in [5.41, 5.74) is 7.90. The summed E-state index contributed by atoms with van der Waals surface area (Å²) in [5.74, 6) is 1.35. The van der Waals surface area contributed by atoms with E-state index in [-0.39, 0.29) is 5.41 Å². The van der Waals surface area contributed by atoms with Gasteiger partial charge in [0.05, 0.1) is 5.52 Å². The molecular formula is C17H23N3S. The number of hydrogen-bond donors (Lipinski definition) is 2. The number of benzene rings is 1. The third kappa shape index (κ3) is 3.70. The molecule has 4 heteroatoms. The van der Waals surface area contributed by atoms with Crippen molar-refractivity contribution in [2.45, 2.75) is 27.7 Å². The van der Waals surface area contributed by atoms with Crippen molar-refractivity contribution in [3.63, 3.8) is 0 Å². The molecule has 3 nitrogen and oxygen atoms in total. The number of fused-ring (bicyclic) bond motifs is 1. The zero-order chi connectivity index (χ0) is 15.6. The van der Waals surface area contributed by atoms with Gasteiger partial charge in [0, 0.05) is 17.5 Å². The average molecular weight is 301 g/mol. The van der Waals surface area contributed by atoms with Crippen LogP contribution in [0.5, 0.6) is 0 Å². The summed E-state index contributed by atoms with van der Waals surface area (Å²) in [5, 5.41) is 4.41. The van der Waals surface area contributed by atoms with E-state index in [0.29, 0.717) is 10.9 Å². The highest BCUT2D eigenvalue weighted by atomic mass is 32.1. The van der Waals surface area contributed by atoms with Crippen molar-refractivity contribution in [1.82, 2.24) is 4.98 Å². The Kier molecular flexibility index (Phi) is 4.47. The standard InChI is InChI=1S/C17H23N3S/c1-11(17(2,3)4)10-19-15-9-13(16(18)21)12-7-5-6-8-14(12)20-15/h5-9,11H,10H2,1-4H3,(H2,18,21)(H,19,20). The molecule has 0 amide bonds. The highest BCUT2D eigenvalue weighted by molar-refractivity contribution is 7.80. The molecular weight excluding hydrogens is 278 g/mol. The Hall–Kier alpha value is -1.68. The summed E-state index contributed by atoms with van der Waals surface area (Å²) < 4.78 is 0. The van der Waals surface area contributed by atoms with Crippen LogP contribution < -0.4 is 11.1 Å². The van der Waals surface area contributed by atoms with Crippen LogP contribution in [0.15, 0.2) is 30.3 Å². The maximum Gasteiger partial charge on any atom is 0.127 e. The summed E-state index contributed by atoms with van der Waals surface area (Å²) in [7, 11) is 0. The molecule has 0 aliphatic rings. The minimum absolute atomic E-state index is 0.260. The summed E-state index contributed by atoms with van der Waals surface area (Å²) in [6, 6.07) is 9.87. The Balaban J connectivity index is 2.31. The second-order valence-electron chi connectivity index (χ2n) is 6.58. The molecule has 0 bridgehead atoms. The van der Waals surface area contributed by atoms with E-state index in [0.717, 1.165) is 28.8 Å². The first-order valence-corrected chi connectivity index (χ1v) is 7.63. The number of pyridine rings is 1. The fourth-order valence-electron chi connectivity index (χ4n) is 2.03. The van der Waals surface area contributed by atoms with E-state index in [4.69, 9.17) is 18.0 Å². The lowest BCUT2D eigenvalue weighted by Crippen LogP contribution is -2.25. The van der Waals surface area contributed by atoms with Crippen molar-refractivity contribution in [3.8, 4) is 0 Å². The number of hydrogen-bond acceptors (Lipinski definition) is 3. The molecule has 0 fully saturated rings. The molecule has 1 heterocycles. The van der Waals surface area contributed by atoms with Crippen LogP contribution in [0.4, 0.5) is 5.82 Å². The van der Waals surface area contributed by atoms with Gasteiger partial charge in [0.2, 0.25) is 0 Å². The second kappa shape index (κ2) is 5.98. The highest BCUT2D eigenvalue weighted by Gasteiger charge is 2.19. The molecule has 21 heavy (non-hydrogen) atoms. The molecule has 0 spiro atoms. The minimum atomic E-state index is 0.260. The van der Waals surface area contributed by atoms with Crippen molar-refractivity contribution in [2.75, 3.05) is 11.9 Å². The van der Waals surface area contributed by atoms with Crippen LogP contribution in [0.1, 0.15) is 33.3 Å². The first-order valence-electron chi connectivity index (χ1n) is 7.22. The topological polar surface area (TPSA) is 50.9 Å². The zero-order valence-corrected chi connectivity index (χ0v) is 13.9. The number of rotatable bonds is 4. The normalized spacial score (nSPS) is 13.1. The maximum atomic E-state index is 5.85. The van der Waals surface area contributed by atoms with E-state index >= 15 is 0 Å². The van der Waals surface area contributed by atoms with Gasteiger partial charge in [-0.1, -0.05) is 58.1 Å². The van der Waals surface area contributed by atoms with Crippen LogP contribution in [0.3, 0.4) is 0 Å². The second-order valence-corrected chi connectivity index (χ2v) is 7.02. The van der Waals surface area contributed by atoms with Gasteiger partial charge >= 0.3 is 0 Å². The van der Waals surface area contributed by atoms with Crippen molar-refractivity contribution < 1.29 is 0 Å². The lowest BCUT2D eigenvalue weighted by molar-refractivity contribution is 0.274. The van der Waals surface area contributed by atoms with E-state index in [1.54, 1.807) is 0 Å². The first kappa shape index (κ1) is 15.7. The fraction of sp³-hybridized carbons (Fsp3) is 0.412. The van der Waals surface area contributed by atoms with Gasteiger partial charge in [-0.25, -0.2) is 4.98 Å². The molecule has 1 atom stereocenters. The molecule has 1 unspecified atom stereocenters. The largest absolute Gasteiger partial charge is 0.389 e. The number of nitrogens with zero attached hydrogens (tertiary/aromatic N) is 1. The van der Waals surface area contributed by atoms with E-state index < -0.39 is 0 Å². The quantitative estimate of drug-likeness (QED) is 0.839. The van der Waals surface area contributed by atoms with E-state index in [1.165, 1.54) is 0 Å². The predicted octanol–water partition coefficient (Wildman–Crippen LogP) is 3.96. The van der Waals surface area contributed by atoms with Crippen molar-refractivity contribution in [2.24, 2.45) is 17.1 Å². The Morgan fingerprint density at radius 2 is 2.00 bits per heavy atom. The molecule has 1 aromatic heterocycles. The average Bonchev–Trinajstić information content (AvgIpc) is 2.42. The lowest BCUT2D eigenvalue weighted by atomic mass is 9.82. The predicted molar refractivity (Wildman–Crippen MR) is 94.7 cm³/mol. The third-order valence-corrected chi connectivity index (χ3v) is 4.27. The molecule has 2 rings (SSSR count). The van der Waals surface area contributed by atoms with Crippen LogP contribution in [-0.4, -0.2) is 16.5 Å². The van der Waals surface area contributed by atoms with Gasteiger partial charge in [-0.05, 0) is 23.5 Å². The Bertz CT molecular complexity index is 659. The molecule has 0 aliphatic heterocycles. The lowest BCUT2D eigenvalue weighted by Gasteiger charge is -2.27. The molecule has 1 aromatic carbocycles. The molecule has 0 radical (unpaired) electrons. The van der Waals surface area contributed by atoms with Crippen LogP contribution >= 0.6 is 12.2 Å². The molecule has 0 saturated heterocycles. The Morgan fingerprint density at radius 1 is 1.33 bits per heavy atom. The monoisotopic (exact) mass is 301 g/mol. The number of nitrogens with one attached hydrogen (secondary N) is 1. The van der Waals surface area contributed by atoms with E-state index in [1.807, 2.05) is 30.3 Å². The number of para-hydroxylation sites is 1. The number of aromatic nitrogens is 1. The van der Waals surface area contributed by atoms with Gasteiger partial charge in [0.15, 0.2) is 0 Å². The van der Waals surface area contributed by atoms with Crippen LogP contribution in [0.25, 0.3) is 10.9 Å². The summed E-state index contributed by atoms with van der Waals surface area (Å²) in [6.45, 7) is 9.84. The maximum absolute atomic E-state index is 5.85. The van der Waals surface area contributed by atoms with Gasteiger partial charge < -0.3 is 11.1 Å².